The largest absolute Gasteiger partial charge is 0.442 e. The Balaban J connectivity index is 2.72. The van der Waals surface area contributed by atoms with Crippen molar-refractivity contribution < 1.29 is 31.6 Å². The number of alkyl halides is 2. The number of hydroxylamine groups is 2. The molecule has 0 aliphatic carbocycles. The molecule has 1 rings (SSSR count). The smallest absolute Gasteiger partial charge is 0.440 e. The fourth-order valence-electron chi connectivity index (χ4n) is 1.57. The normalized spacial score (nSPS) is 12.4. The SMILES string of the molecule is C/N=C\N(OCc1ccc(NS(=O)(=O)C(F)F)cc1)C(=O)OC(C)(C)C. The first-order chi connectivity index (χ1) is 11.9. The Morgan fingerprint density at radius 1 is 1.31 bits per heavy atom. The quantitative estimate of drug-likeness (QED) is 0.436. The van der Waals surface area contributed by atoms with Gasteiger partial charge in [0.25, 0.3) is 10.0 Å². The molecule has 0 aliphatic heterocycles. The summed E-state index contributed by atoms with van der Waals surface area (Å²) in [5.41, 5.74) is -0.180. The summed E-state index contributed by atoms with van der Waals surface area (Å²) in [6, 6.07) is 5.51. The van der Waals surface area contributed by atoms with Crippen molar-refractivity contribution in [2.45, 2.75) is 38.7 Å². The van der Waals surface area contributed by atoms with Crippen LogP contribution in [-0.2, 0) is 26.2 Å². The predicted octanol–water partition coefficient (Wildman–Crippen LogP) is 2.98. The fraction of sp³-hybridized carbons (Fsp3) is 0.467. The summed E-state index contributed by atoms with van der Waals surface area (Å²) in [5.74, 6) is -3.53. The molecule has 26 heavy (non-hydrogen) atoms. The maximum absolute atomic E-state index is 12.3. The minimum Gasteiger partial charge on any atom is -0.442 e. The summed E-state index contributed by atoms with van der Waals surface area (Å²) in [5, 5.41) is 0.818. The minimum atomic E-state index is -4.73. The van der Waals surface area contributed by atoms with E-state index >= 15 is 0 Å². The molecule has 146 valence electrons. The van der Waals surface area contributed by atoms with Crippen LogP contribution in [0.3, 0.4) is 0 Å². The second-order valence-corrected chi connectivity index (χ2v) is 7.71. The standard InChI is InChI=1S/C15H21F2N3O5S/c1-15(2,3)25-14(21)20(10-18-4)24-9-11-5-7-12(8-6-11)19-26(22,23)13(16)17/h5-8,10,13,19H,9H2,1-4H3/b18-10-. The van der Waals surface area contributed by atoms with Gasteiger partial charge in [0.2, 0.25) is 0 Å². The Morgan fingerprint density at radius 2 is 1.88 bits per heavy atom. The van der Waals surface area contributed by atoms with E-state index in [4.69, 9.17) is 9.57 Å². The molecular weight excluding hydrogens is 372 g/mol. The van der Waals surface area contributed by atoms with Crippen molar-refractivity contribution in [1.29, 1.82) is 0 Å². The molecule has 8 nitrogen and oxygen atoms in total. The maximum Gasteiger partial charge on any atom is 0.440 e. The first-order valence-electron chi connectivity index (χ1n) is 7.41. The van der Waals surface area contributed by atoms with E-state index in [-0.39, 0.29) is 12.3 Å². The van der Waals surface area contributed by atoms with Crippen molar-refractivity contribution in [2.75, 3.05) is 11.8 Å². The van der Waals surface area contributed by atoms with Gasteiger partial charge in [0.05, 0.1) is 0 Å². The molecular formula is C15H21F2N3O5S. The fourth-order valence-corrected chi connectivity index (χ4v) is 2.12. The number of benzene rings is 1. The highest BCUT2D eigenvalue weighted by Crippen LogP contribution is 2.16. The van der Waals surface area contributed by atoms with Gasteiger partial charge in [0.1, 0.15) is 18.5 Å². The molecule has 1 aromatic carbocycles. The number of aliphatic imine (C=N–C) groups is 1. The van der Waals surface area contributed by atoms with Gasteiger partial charge in [0.15, 0.2) is 0 Å². The number of nitrogens with zero attached hydrogens (tertiary/aromatic N) is 2. The number of carbonyl (C=O) groups is 1. The number of rotatable bonds is 7. The van der Waals surface area contributed by atoms with E-state index in [0.717, 1.165) is 11.4 Å². The number of carbonyl (C=O) groups excluding carboxylic acids is 1. The van der Waals surface area contributed by atoms with Gasteiger partial charge in [-0.1, -0.05) is 12.1 Å². The second kappa shape index (κ2) is 8.90. The Kier molecular flexibility index (Phi) is 7.45. The molecule has 0 aliphatic rings. The van der Waals surface area contributed by atoms with E-state index in [1.165, 1.54) is 31.3 Å². The van der Waals surface area contributed by atoms with Crippen LogP contribution in [0.2, 0.25) is 0 Å². The van der Waals surface area contributed by atoms with Crippen LogP contribution < -0.4 is 4.72 Å². The van der Waals surface area contributed by atoms with Gasteiger partial charge < -0.3 is 4.74 Å². The minimum absolute atomic E-state index is 0.0202. The Labute approximate surface area is 150 Å². The average molecular weight is 393 g/mol. The summed E-state index contributed by atoms with van der Waals surface area (Å²) in [6.45, 7) is 5.04. The molecule has 0 bridgehead atoms. The maximum atomic E-state index is 12.3. The number of amides is 1. The van der Waals surface area contributed by atoms with Gasteiger partial charge in [-0.15, -0.1) is 5.06 Å². The molecule has 0 aromatic heterocycles. The van der Waals surface area contributed by atoms with Crippen molar-refractivity contribution >= 4 is 28.1 Å². The van der Waals surface area contributed by atoms with E-state index in [1.807, 2.05) is 0 Å². The summed E-state index contributed by atoms with van der Waals surface area (Å²) >= 11 is 0. The van der Waals surface area contributed by atoms with Crippen molar-refractivity contribution in [3.63, 3.8) is 0 Å². The van der Waals surface area contributed by atoms with Crippen LogP contribution in [0.1, 0.15) is 26.3 Å². The highest BCUT2D eigenvalue weighted by molar-refractivity contribution is 7.93. The highest BCUT2D eigenvalue weighted by Gasteiger charge is 2.24. The molecule has 0 atom stereocenters. The van der Waals surface area contributed by atoms with Crippen LogP contribution in [0.25, 0.3) is 0 Å². The van der Waals surface area contributed by atoms with Gasteiger partial charge in [-0.05, 0) is 38.5 Å². The zero-order valence-electron chi connectivity index (χ0n) is 14.8. The number of halogens is 2. The number of nitrogens with one attached hydrogen (secondary N) is 1. The molecule has 0 heterocycles. The molecule has 1 N–H and O–H groups in total. The van der Waals surface area contributed by atoms with Gasteiger partial charge in [-0.2, -0.15) is 8.78 Å². The van der Waals surface area contributed by atoms with Crippen LogP contribution in [0.5, 0.6) is 0 Å². The molecule has 0 unspecified atom stereocenters. The molecule has 0 fully saturated rings. The van der Waals surface area contributed by atoms with E-state index in [2.05, 4.69) is 4.99 Å². The van der Waals surface area contributed by atoms with E-state index in [9.17, 15) is 22.0 Å². The lowest BCUT2D eigenvalue weighted by atomic mass is 10.2. The summed E-state index contributed by atoms with van der Waals surface area (Å²) in [6.07, 6.45) is 0.378. The molecule has 0 radical (unpaired) electrons. The first-order valence-corrected chi connectivity index (χ1v) is 8.95. The van der Waals surface area contributed by atoms with E-state index in [0.29, 0.717) is 5.56 Å². The van der Waals surface area contributed by atoms with Crippen LogP contribution >= 0.6 is 0 Å². The van der Waals surface area contributed by atoms with E-state index in [1.54, 1.807) is 25.5 Å². The summed E-state index contributed by atoms with van der Waals surface area (Å²) in [4.78, 5) is 21.0. The topological polar surface area (TPSA) is 97.3 Å². The number of ether oxygens (including phenoxy) is 1. The lowest BCUT2D eigenvalue weighted by Crippen LogP contribution is -2.36. The zero-order valence-corrected chi connectivity index (χ0v) is 15.6. The lowest BCUT2D eigenvalue weighted by molar-refractivity contribution is -0.105. The van der Waals surface area contributed by atoms with Gasteiger partial charge >= 0.3 is 11.9 Å². The Morgan fingerprint density at radius 3 is 2.35 bits per heavy atom. The lowest BCUT2D eigenvalue weighted by Gasteiger charge is -2.24. The molecule has 0 saturated heterocycles. The number of hydrogen-bond donors (Lipinski definition) is 1. The van der Waals surface area contributed by atoms with Crippen LogP contribution in [0.4, 0.5) is 19.3 Å². The van der Waals surface area contributed by atoms with E-state index < -0.39 is 27.5 Å². The monoisotopic (exact) mass is 393 g/mol. The zero-order chi connectivity index (χ0) is 20.0. The third-order valence-electron chi connectivity index (χ3n) is 2.61. The number of hydrogen-bond acceptors (Lipinski definition) is 6. The second-order valence-electron chi connectivity index (χ2n) is 6.06. The molecule has 1 aromatic rings. The van der Waals surface area contributed by atoms with Crippen LogP contribution in [-0.4, -0.2) is 44.3 Å². The van der Waals surface area contributed by atoms with Crippen molar-refractivity contribution in [2.24, 2.45) is 4.99 Å². The van der Waals surface area contributed by atoms with Crippen LogP contribution in [0, 0.1) is 0 Å². The van der Waals surface area contributed by atoms with Gasteiger partial charge in [-0.25, -0.2) is 13.2 Å². The van der Waals surface area contributed by atoms with Crippen molar-refractivity contribution in [3.8, 4) is 0 Å². The number of anilines is 1. The number of sulfonamides is 1. The average Bonchev–Trinajstić information content (AvgIpc) is 2.50. The Bertz CT molecular complexity index is 731. The molecule has 1 amide bonds. The summed E-state index contributed by atoms with van der Waals surface area (Å²) in [7, 11) is -3.28. The first kappa shape index (κ1) is 21.8. The van der Waals surface area contributed by atoms with Gasteiger partial charge in [-0.3, -0.25) is 14.6 Å². The molecule has 0 spiro atoms. The summed E-state index contributed by atoms with van der Waals surface area (Å²) < 4.78 is 53.8. The molecule has 0 saturated carbocycles. The van der Waals surface area contributed by atoms with Gasteiger partial charge in [0, 0.05) is 12.7 Å². The molecule has 11 heteroatoms. The van der Waals surface area contributed by atoms with Crippen LogP contribution in [0.15, 0.2) is 29.3 Å². The Hall–Kier alpha value is -2.27. The third kappa shape index (κ3) is 7.31. The highest BCUT2D eigenvalue weighted by atomic mass is 32.2. The predicted molar refractivity (Wildman–Crippen MR) is 92.3 cm³/mol. The third-order valence-corrected chi connectivity index (χ3v) is 3.60. The van der Waals surface area contributed by atoms with Crippen molar-refractivity contribution in [1.82, 2.24) is 5.06 Å². The van der Waals surface area contributed by atoms with Crippen molar-refractivity contribution in [3.05, 3.63) is 29.8 Å².